The molecule has 1 aliphatic carbocycles. The van der Waals surface area contributed by atoms with Gasteiger partial charge in [-0.1, -0.05) is 33.6 Å². The molecule has 1 fully saturated rings. The number of hydrogen-bond acceptors (Lipinski definition) is 3. The van der Waals surface area contributed by atoms with Crippen molar-refractivity contribution in [1.82, 2.24) is 9.80 Å². The van der Waals surface area contributed by atoms with Crippen molar-refractivity contribution in [1.29, 1.82) is 0 Å². The van der Waals surface area contributed by atoms with E-state index in [0.717, 1.165) is 45.6 Å². The molecule has 1 aliphatic rings. The van der Waals surface area contributed by atoms with Crippen LogP contribution in [0, 0.1) is 0 Å². The lowest BCUT2D eigenvalue weighted by atomic mass is 10.0. The zero-order chi connectivity index (χ0) is 13.4. The van der Waals surface area contributed by atoms with Crippen LogP contribution in [0.15, 0.2) is 0 Å². The van der Waals surface area contributed by atoms with Gasteiger partial charge in [-0.05, 0) is 52.0 Å². The van der Waals surface area contributed by atoms with Crippen molar-refractivity contribution < 1.29 is 5.11 Å². The lowest BCUT2D eigenvalue weighted by molar-refractivity contribution is 0.00990. The molecule has 0 spiro atoms. The van der Waals surface area contributed by atoms with Crippen molar-refractivity contribution >= 4 is 0 Å². The summed E-state index contributed by atoms with van der Waals surface area (Å²) >= 11 is 0. The van der Waals surface area contributed by atoms with Gasteiger partial charge in [0, 0.05) is 6.54 Å². The molecule has 3 heteroatoms. The molecule has 108 valence electrons. The summed E-state index contributed by atoms with van der Waals surface area (Å²) in [5.41, 5.74) is -0.384. The van der Waals surface area contributed by atoms with Crippen molar-refractivity contribution in [2.75, 3.05) is 39.3 Å². The highest BCUT2D eigenvalue weighted by Gasteiger charge is 2.32. The lowest BCUT2D eigenvalue weighted by Crippen LogP contribution is -2.42. The van der Waals surface area contributed by atoms with Gasteiger partial charge in [0.25, 0.3) is 0 Å². The van der Waals surface area contributed by atoms with Crippen LogP contribution < -0.4 is 0 Å². The highest BCUT2D eigenvalue weighted by molar-refractivity contribution is 4.87. The smallest absolute Gasteiger partial charge is 0.0774 e. The third kappa shape index (κ3) is 5.25. The highest BCUT2D eigenvalue weighted by atomic mass is 16.3. The summed E-state index contributed by atoms with van der Waals surface area (Å²) in [7, 11) is 0. The summed E-state index contributed by atoms with van der Waals surface area (Å²) in [4.78, 5) is 4.90. The molecular formula is C15H32N2O. The predicted octanol–water partition coefficient (Wildman–Crippen LogP) is 2.35. The van der Waals surface area contributed by atoms with Gasteiger partial charge < -0.3 is 14.9 Å². The van der Waals surface area contributed by atoms with Crippen molar-refractivity contribution in [3.8, 4) is 0 Å². The third-order valence-corrected chi connectivity index (χ3v) is 4.34. The normalized spacial score (nSPS) is 19.0. The standard InChI is InChI=1S/C15H32N2O/c1-4-16(5-2)12-9-13-17(6-3)14-15(18)10-7-8-11-15/h18H,4-14H2,1-3H3. The Morgan fingerprint density at radius 2 is 1.39 bits per heavy atom. The maximum atomic E-state index is 10.4. The van der Waals surface area contributed by atoms with Crippen LogP contribution in [0.4, 0.5) is 0 Å². The van der Waals surface area contributed by atoms with E-state index in [4.69, 9.17) is 0 Å². The second-order valence-electron chi connectivity index (χ2n) is 5.68. The van der Waals surface area contributed by atoms with E-state index in [1.54, 1.807) is 0 Å². The van der Waals surface area contributed by atoms with Crippen LogP contribution in [0.3, 0.4) is 0 Å². The van der Waals surface area contributed by atoms with E-state index < -0.39 is 0 Å². The van der Waals surface area contributed by atoms with Crippen molar-refractivity contribution in [2.45, 2.75) is 58.5 Å². The van der Waals surface area contributed by atoms with E-state index in [2.05, 4.69) is 30.6 Å². The van der Waals surface area contributed by atoms with Gasteiger partial charge >= 0.3 is 0 Å². The van der Waals surface area contributed by atoms with E-state index in [1.165, 1.54) is 25.8 Å². The van der Waals surface area contributed by atoms with E-state index in [0.29, 0.717) is 0 Å². The molecule has 0 aromatic heterocycles. The van der Waals surface area contributed by atoms with Crippen molar-refractivity contribution in [3.63, 3.8) is 0 Å². The Labute approximate surface area is 113 Å². The molecule has 1 saturated carbocycles. The predicted molar refractivity (Wildman–Crippen MR) is 77.9 cm³/mol. The fourth-order valence-electron chi connectivity index (χ4n) is 3.01. The Hall–Kier alpha value is -0.120. The molecule has 0 amide bonds. The third-order valence-electron chi connectivity index (χ3n) is 4.34. The van der Waals surface area contributed by atoms with E-state index in [-0.39, 0.29) is 5.60 Å². The Morgan fingerprint density at radius 1 is 0.889 bits per heavy atom. The zero-order valence-electron chi connectivity index (χ0n) is 12.6. The molecule has 0 radical (unpaired) electrons. The van der Waals surface area contributed by atoms with Gasteiger partial charge in [-0.15, -0.1) is 0 Å². The summed E-state index contributed by atoms with van der Waals surface area (Å²) in [6, 6.07) is 0. The Bertz CT molecular complexity index is 211. The van der Waals surface area contributed by atoms with Crippen LogP contribution in [0.25, 0.3) is 0 Å². The van der Waals surface area contributed by atoms with Gasteiger partial charge in [0.1, 0.15) is 0 Å². The number of aliphatic hydroxyl groups is 1. The van der Waals surface area contributed by atoms with Gasteiger partial charge in [-0.2, -0.15) is 0 Å². The molecule has 0 saturated heterocycles. The van der Waals surface area contributed by atoms with Crippen LogP contribution in [-0.2, 0) is 0 Å². The number of nitrogens with zero attached hydrogens (tertiary/aromatic N) is 2. The summed E-state index contributed by atoms with van der Waals surface area (Å²) in [6.07, 6.45) is 5.62. The Kier molecular flexibility index (Phi) is 7.20. The minimum atomic E-state index is -0.384. The molecule has 18 heavy (non-hydrogen) atoms. The topological polar surface area (TPSA) is 26.7 Å². The summed E-state index contributed by atoms with van der Waals surface area (Å²) in [5.74, 6) is 0. The number of rotatable bonds is 9. The Morgan fingerprint density at radius 3 is 1.89 bits per heavy atom. The van der Waals surface area contributed by atoms with Gasteiger partial charge in [-0.3, -0.25) is 0 Å². The first-order chi connectivity index (χ1) is 8.63. The minimum absolute atomic E-state index is 0.384. The molecule has 0 aromatic carbocycles. The molecule has 3 nitrogen and oxygen atoms in total. The van der Waals surface area contributed by atoms with Gasteiger partial charge in [0.15, 0.2) is 0 Å². The maximum absolute atomic E-state index is 10.4. The molecule has 0 atom stereocenters. The van der Waals surface area contributed by atoms with E-state index >= 15 is 0 Å². The van der Waals surface area contributed by atoms with Crippen LogP contribution in [0.2, 0.25) is 0 Å². The summed E-state index contributed by atoms with van der Waals surface area (Å²) in [6.45, 7) is 13.2. The zero-order valence-corrected chi connectivity index (χ0v) is 12.6. The van der Waals surface area contributed by atoms with Crippen molar-refractivity contribution in [3.05, 3.63) is 0 Å². The number of hydrogen-bond donors (Lipinski definition) is 1. The first-order valence-electron chi connectivity index (χ1n) is 7.80. The molecule has 0 unspecified atom stereocenters. The fourth-order valence-corrected chi connectivity index (χ4v) is 3.01. The second kappa shape index (κ2) is 8.13. The van der Waals surface area contributed by atoms with E-state index in [1.807, 2.05) is 0 Å². The van der Waals surface area contributed by atoms with Crippen molar-refractivity contribution in [2.24, 2.45) is 0 Å². The molecular weight excluding hydrogens is 224 g/mol. The van der Waals surface area contributed by atoms with E-state index in [9.17, 15) is 5.11 Å². The second-order valence-corrected chi connectivity index (χ2v) is 5.68. The summed E-state index contributed by atoms with van der Waals surface area (Å²) < 4.78 is 0. The molecule has 0 aromatic rings. The SMILES string of the molecule is CCN(CC)CCCN(CC)CC1(O)CCCC1. The quantitative estimate of drug-likeness (QED) is 0.686. The van der Waals surface area contributed by atoms with Crippen LogP contribution in [0.5, 0.6) is 0 Å². The molecule has 0 heterocycles. The minimum Gasteiger partial charge on any atom is -0.389 e. The molecule has 1 rings (SSSR count). The average Bonchev–Trinajstić information content (AvgIpc) is 2.80. The number of likely N-dealkylation sites (N-methyl/N-ethyl adjacent to an activating group) is 1. The first-order valence-corrected chi connectivity index (χ1v) is 7.80. The molecule has 0 aliphatic heterocycles. The highest BCUT2D eigenvalue weighted by Crippen LogP contribution is 2.30. The Balaban J connectivity index is 2.24. The van der Waals surface area contributed by atoms with Crippen LogP contribution >= 0.6 is 0 Å². The van der Waals surface area contributed by atoms with Gasteiger partial charge in [0.05, 0.1) is 5.60 Å². The van der Waals surface area contributed by atoms with Crippen LogP contribution in [0.1, 0.15) is 52.9 Å². The van der Waals surface area contributed by atoms with Gasteiger partial charge in [0.2, 0.25) is 0 Å². The average molecular weight is 256 g/mol. The molecule has 1 N–H and O–H groups in total. The summed E-state index contributed by atoms with van der Waals surface area (Å²) in [5, 5.41) is 10.4. The fraction of sp³-hybridized carbons (Fsp3) is 1.00. The maximum Gasteiger partial charge on any atom is 0.0774 e. The monoisotopic (exact) mass is 256 g/mol. The molecule has 0 bridgehead atoms. The first kappa shape index (κ1) is 15.9. The lowest BCUT2D eigenvalue weighted by Gasteiger charge is -2.31. The largest absolute Gasteiger partial charge is 0.389 e. The van der Waals surface area contributed by atoms with Gasteiger partial charge in [-0.25, -0.2) is 0 Å². The van der Waals surface area contributed by atoms with Crippen LogP contribution in [-0.4, -0.2) is 59.8 Å².